The van der Waals surface area contributed by atoms with Gasteiger partial charge in [0, 0.05) is 0 Å². The number of carbonyl (C=O) groups is 1. The van der Waals surface area contributed by atoms with Crippen LogP contribution in [0.25, 0.3) is 0 Å². The van der Waals surface area contributed by atoms with Crippen LogP contribution in [0.1, 0.15) is 24.3 Å². The minimum Gasteiger partial charge on any atom is -0.870 e. The van der Waals surface area contributed by atoms with E-state index in [0.29, 0.717) is 27.1 Å². The fourth-order valence-electron chi connectivity index (χ4n) is 2.58. The van der Waals surface area contributed by atoms with E-state index in [9.17, 15) is 4.79 Å². The molecule has 130 valence electrons. The summed E-state index contributed by atoms with van der Waals surface area (Å²) in [5.41, 5.74) is 0.653. The molecule has 0 aliphatic heterocycles. The van der Waals surface area contributed by atoms with Gasteiger partial charge in [0.25, 0.3) is 0 Å². The first-order chi connectivity index (χ1) is 11.1. The number of carbonyl (C=O) groups excluding carboxylic acids is 1. The molecular formula is C17H15AlCl2O5. The third-order valence-corrected chi connectivity index (χ3v) is 4.66. The molecular weight excluding hydrogens is 382 g/mol. The Kier molecular flexibility index (Phi) is 8.23. The van der Waals surface area contributed by atoms with Gasteiger partial charge in [-0.15, -0.1) is 0 Å². The van der Waals surface area contributed by atoms with Crippen molar-refractivity contribution in [3.8, 4) is 11.5 Å². The van der Waals surface area contributed by atoms with Gasteiger partial charge in [0.2, 0.25) is 0 Å². The summed E-state index contributed by atoms with van der Waals surface area (Å²) in [6.07, 6.45) is 1.95. The SMILES string of the molecule is O=C([O][Al+2])C(c1cc(Cl)cc(Oc2ccccc2)c1Cl)C1CC1.[OH-].[OH-]. The summed E-state index contributed by atoms with van der Waals surface area (Å²) in [6, 6.07) is 12.7. The molecule has 0 aromatic heterocycles. The summed E-state index contributed by atoms with van der Waals surface area (Å²) < 4.78 is 10.7. The molecule has 25 heavy (non-hydrogen) atoms. The zero-order chi connectivity index (χ0) is 16.4. The number of para-hydroxylation sites is 1. The second-order valence-corrected chi connectivity index (χ2v) is 6.52. The summed E-state index contributed by atoms with van der Waals surface area (Å²) in [7, 11) is 0. The van der Waals surface area contributed by atoms with Crippen LogP contribution in [-0.4, -0.2) is 33.5 Å². The van der Waals surface area contributed by atoms with Gasteiger partial charge in [-0.1, -0.05) is 0 Å². The number of hydrogen-bond acceptors (Lipinski definition) is 5. The molecule has 0 bridgehead atoms. The first kappa shape index (κ1) is 21.8. The Morgan fingerprint density at radius 1 is 1.12 bits per heavy atom. The molecule has 1 unspecified atom stereocenters. The topological polar surface area (TPSA) is 95.5 Å². The van der Waals surface area contributed by atoms with E-state index in [-0.39, 0.29) is 22.8 Å². The average Bonchev–Trinajstić information content (AvgIpc) is 3.37. The first-order valence-corrected chi connectivity index (χ1v) is 8.45. The largest absolute Gasteiger partial charge is 0.870 e. The van der Waals surface area contributed by atoms with Gasteiger partial charge < -0.3 is 11.0 Å². The van der Waals surface area contributed by atoms with Crippen molar-refractivity contribution >= 4 is 45.8 Å². The van der Waals surface area contributed by atoms with E-state index in [0.717, 1.165) is 12.8 Å². The van der Waals surface area contributed by atoms with Crippen LogP contribution in [0, 0.1) is 5.92 Å². The number of halogens is 2. The monoisotopic (exact) mass is 396 g/mol. The minimum atomic E-state index is -0.420. The smallest absolute Gasteiger partial charge is 0.870 e. The van der Waals surface area contributed by atoms with Crippen LogP contribution in [0.15, 0.2) is 42.5 Å². The van der Waals surface area contributed by atoms with Crippen LogP contribution in [0.5, 0.6) is 11.5 Å². The summed E-state index contributed by atoms with van der Waals surface area (Å²) in [5.74, 6) is 0.578. The van der Waals surface area contributed by atoms with Crippen molar-refractivity contribution in [3.05, 3.63) is 58.1 Å². The Balaban J connectivity index is 0.00000156. The van der Waals surface area contributed by atoms with Gasteiger partial charge in [-0.05, 0) is 0 Å². The molecule has 1 saturated carbocycles. The van der Waals surface area contributed by atoms with Crippen molar-refractivity contribution in [2.45, 2.75) is 18.8 Å². The molecule has 1 fully saturated rings. The number of rotatable bonds is 5. The van der Waals surface area contributed by atoms with Crippen molar-refractivity contribution in [2.24, 2.45) is 5.92 Å². The van der Waals surface area contributed by atoms with Crippen molar-refractivity contribution in [2.75, 3.05) is 0 Å². The molecule has 0 radical (unpaired) electrons. The summed E-state index contributed by atoms with van der Waals surface area (Å²) in [5, 5.41) is 0.864. The second-order valence-electron chi connectivity index (χ2n) is 5.47. The maximum absolute atomic E-state index is 12.1. The number of hydrogen-bond donors (Lipinski definition) is 0. The Bertz CT molecular complexity index is 722. The van der Waals surface area contributed by atoms with Crippen LogP contribution in [0.3, 0.4) is 0 Å². The van der Waals surface area contributed by atoms with Gasteiger partial charge >= 0.3 is 153 Å². The van der Waals surface area contributed by atoms with Gasteiger partial charge in [-0.25, -0.2) is 0 Å². The van der Waals surface area contributed by atoms with Crippen molar-refractivity contribution in [1.82, 2.24) is 0 Å². The molecule has 1 aliphatic carbocycles. The van der Waals surface area contributed by atoms with E-state index in [1.165, 1.54) is 0 Å². The van der Waals surface area contributed by atoms with Crippen LogP contribution in [-0.2, 0) is 8.58 Å². The molecule has 0 saturated heterocycles. The van der Waals surface area contributed by atoms with Crippen LogP contribution >= 0.6 is 23.2 Å². The molecule has 2 N–H and O–H groups in total. The van der Waals surface area contributed by atoms with Gasteiger partial charge in [0.05, 0.1) is 0 Å². The number of ether oxygens (including phenoxy) is 1. The predicted molar refractivity (Wildman–Crippen MR) is 94.2 cm³/mol. The van der Waals surface area contributed by atoms with E-state index in [1.54, 1.807) is 12.1 Å². The Labute approximate surface area is 164 Å². The zero-order valence-electron chi connectivity index (χ0n) is 13.1. The Hall–Kier alpha value is -1.26. The minimum absolute atomic E-state index is 0. The quantitative estimate of drug-likeness (QED) is 0.690. The average molecular weight is 397 g/mol. The Morgan fingerprint density at radius 3 is 2.32 bits per heavy atom. The first-order valence-electron chi connectivity index (χ1n) is 7.22. The summed E-state index contributed by atoms with van der Waals surface area (Å²) >= 11 is 14.7. The van der Waals surface area contributed by atoms with Crippen molar-refractivity contribution in [1.29, 1.82) is 0 Å². The maximum atomic E-state index is 12.1. The molecule has 2 aromatic rings. The fourth-order valence-corrected chi connectivity index (χ4v) is 3.21. The van der Waals surface area contributed by atoms with Crippen LogP contribution < -0.4 is 4.74 Å². The van der Waals surface area contributed by atoms with E-state index in [4.69, 9.17) is 31.7 Å². The summed E-state index contributed by atoms with van der Waals surface area (Å²) in [4.78, 5) is 12.1. The summed E-state index contributed by atoms with van der Waals surface area (Å²) in [6.45, 7) is 0. The van der Waals surface area contributed by atoms with E-state index in [2.05, 4.69) is 0 Å². The van der Waals surface area contributed by atoms with E-state index in [1.807, 2.05) is 47.0 Å². The third kappa shape index (κ3) is 5.11. The second kappa shape index (κ2) is 9.44. The molecule has 1 aliphatic rings. The molecule has 0 amide bonds. The van der Waals surface area contributed by atoms with Gasteiger partial charge in [0.1, 0.15) is 0 Å². The molecule has 1 atom stereocenters. The molecule has 8 heteroatoms. The molecule has 2 aromatic carbocycles. The molecule has 3 rings (SSSR count). The maximum Gasteiger partial charge on any atom is -0.870 e. The van der Waals surface area contributed by atoms with E-state index >= 15 is 0 Å². The fraction of sp³-hybridized carbons (Fsp3) is 0.235. The molecule has 0 spiro atoms. The van der Waals surface area contributed by atoms with Crippen molar-refractivity contribution < 1.29 is 24.3 Å². The normalized spacial score (nSPS) is 13.9. The Morgan fingerprint density at radius 2 is 1.76 bits per heavy atom. The van der Waals surface area contributed by atoms with Crippen LogP contribution in [0.4, 0.5) is 0 Å². The molecule has 0 heterocycles. The number of benzene rings is 2. The van der Waals surface area contributed by atoms with Gasteiger partial charge in [-0.3, -0.25) is 0 Å². The molecule has 5 nitrogen and oxygen atoms in total. The zero-order valence-corrected chi connectivity index (χ0v) is 15.7. The van der Waals surface area contributed by atoms with Crippen LogP contribution in [0.2, 0.25) is 10.0 Å². The van der Waals surface area contributed by atoms with Crippen molar-refractivity contribution in [3.63, 3.8) is 0 Å². The van der Waals surface area contributed by atoms with E-state index < -0.39 is 5.92 Å². The third-order valence-electron chi connectivity index (χ3n) is 3.80. The standard InChI is InChI=1S/C17H14Cl2O3.Al.2H2O/c18-11-8-13(15(17(20)21)10-6-7-10)16(19)14(9-11)22-12-4-2-1-3-5-12;;;/h1-5,8-10,15H,6-7H2,(H,20,21);;2*1H2/q;+3;;/p-3. The van der Waals surface area contributed by atoms with Gasteiger partial charge in [0.15, 0.2) is 0 Å². The van der Waals surface area contributed by atoms with Gasteiger partial charge in [-0.2, -0.15) is 0 Å². The predicted octanol–water partition coefficient (Wildman–Crippen LogP) is 4.55.